The molecule has 0 aromatic heterocycles. The summed E-state index contributed by atoms with van der Waals surface area (Å²) in [5.41, 5.74) is 1.49. The SMILES string of the molecule is CCOc1ccccc1C1=N/C(=C\c2cc(OC)c3c(c2)OCO3)C(=O)O1. The molecule has 0 atom stereocenters. The van der Waals surface area contributed by atoms with Crippen LogP contribution in [0.1, 0.15) is 18.1 Å². The lowest BCUT2D eigenvalue weighted by atomic mass is 10.1. The minimum absolute atomic E-state index is 0.129. The smallest absolute Gasteiger partial charge is 0.363 e. The van der Waals surface area contributed by atoms with Crippen LogP contribution >= 0.6 is 0 Å². The number of cyclic esters (lactones) is 1. The zero-order valence-corrected chi connectivity index (χ0v) is 14.9. The predicted octanol–water partition coefficient (Wildman–Crippen LogP) is 3.17. The maximum absolute atomic E-state index is 12.3. The predicted molar refractivity (Wildman–Crippen MR) is 97.3 cm³/mol. The maximum atomic E-state index is 12.3. The molecule has 0 radical (unpaired) electrons. The van der Waals surface area contributed by atoms with Crippen LogP contribution in [0.3, 0.4) is 0 Å². The van der Waals surface area contributed by atoms with E-state index in [1.54, 1.807) is 37.5 Å². The second-order valence-corrected chi connectivity index (χ2v) is 5.72. The molecule has 2 aliphatic rings. The van der Waals surface area contributed by atoms with Crippen LogP contribution in [0.25, 0.3) is 6.08 Å². The number of esters is 1. The Hall–Kier alpha value is -3.48. The Kier molecular flexibility index (Phi) is 4.42. The largest absolute Gasteiger partial charge is 0.493 e. The van der Waals surface area contributed by atoms with Gasteiger partial charge in [-0.1, -0.05) is 12.1 Å². The van der Waals surface area contributed by atoms with Gasteiger partial charge < -0.3 is 23.7 Å². The maximum Gasteiger partial charge on any atom is 0.363 e. The molecule has 0 spiro atoms. The van der Waals surface area contributed by atoms with Crippen LogP contribution in [-0.2, 0) is 9.53 Å². The molecule has 0 amide bonds. The zero-order valence-electron chi connectivity index (χ0n) is 14.9. The highest BCUT2D eigenvalue weighted by molar-refractivity contribution is 6.13. The van der Waals surface area contributed by atoms with E-state index in [-0.39, 0.29) is 18.4 Å². The topological polar surface area (TPSA) is 75.6 Å². The highest BCUT2D eigenvalue weighted by Crippen LogP contribution is 2.42. The van der Waals surface area contributed by atoms with Gasteiger partial charge in [0.1, 0.15) is 5.75 Å². The Morgan fingerprint density at radius 2 is 2.04 bits per heavy atom. The van der Waals surface area contributed by atoms with Gasteiger partial charge in [0.05, 0.1) is 19.3 Å². The summed E-state index contributed by atoms with van der Waals surface area (Å²) in [5, 5.41) is 0. The summed E-state index contributed by atoms with van der Waals surface area (Å²) in [6, 6.07) is 10.8. The van der Waals surface area contributed by atoms with E-state index >= 15 is 0 Å². The molecule has 138 valence electrons. The lowest BCUT2D eigenvalue weighted by Gasteiger charge is -2.08. The van der Waals surface area contributed by atoms with Crippen molar-refractivity contribution in [1.82, 2.24) is 0 Å². The van der Waals surface area contributed by atoms with Gasteiger partial charge in [0.15, 0.2) is 17.2 Å². The van der Waals surface area contributed by atoms with E-state index in [1.165, 1.54) is 0 Å². The number of benzene rings is 2. The van der Waals surface area contributed by atoms with E-state index < -0.39 is 5.97 Å². The second-order valence-electron chi connectivity index (χ2n) is 5.72. The number of hydrogen-bond acceptors (Lipinski definition) is 7. The van der Waals surface area contributed by atoms with E-state index in [1.807, 2.05) is 19.1 Å². The summed E-state index contributed by atoms with van der Waals surface area (Å²) in [5.74, 6) is 1.91. The number of methoxy groups -OCH3 is 1. The van der Waals surface area contributed by atoms with E-state index in [4.69, 9.17) is 23.7 Å². The molecular weight excluding hydrogens is 350 g/mol. The van der Waals surface area contributed by atoms with Crippen molar-refractivity contribution in [2.75, 3.05) is 20.5 Å². The summed E-state index contributed by atoms with van der Waals surface area (Å²) >= 11 is 0. The fourth-order valence-corrected chi connectivity index (χ4v) is 2.84. The van der Waals surface area contributed by atoms with Crippen molar-refractivity contribution in [1.29, 1.82) is 0 Å². The Balaban J connectivity index is 1.70. The molecule has 0 unspecified atom stereocenters. The van der Waals surface area contributed by atoms with Crippen molar-refractivity contribution < 1.29 is 28.5 Å². The molecule has 2 aromatic rings. The van der Waals surface area contributed by atoms with Crippen molar-refractivity contribution in [2.24, 2.45) is 4.99 Å². The Morgan fingerprint density at radius 1 is 1.19 bits per heavy atom. The van der Waals surface area contributed by atoms with Crippen molar-refractivity contribution in [3.63, 3.8) is 0 Å². The van der Waals surface area contributed by atoms with Crippen molar-refractivity contribution in [2.45, 2.75) is 6.92 Å². The minimum atomic E-state index is -0.534. The number of rotatable bonds is 5. The zero-order chi connectivity index (χ0) is 18.8. The van der Waals surface area contributed by atoms with E-state index in [2.05, 4.69) is 4.99 Å². The highest BCUT2D eigenvalue weighted by atomic mass is 16.7. The van der Waals surface area contributed by atoms with Gasteiger partial charge in [-0.05, 0) is 42.8 Å². The van der Waals surface area contributed by atoms with Crippen molar-refractivity contribution in [3.05, 3.63) is 53.2 Å². The summed E-state index contributed by atoms with van der Waals surface area (Å²) in [4.78, 5) is 16.6. The number of ether oxygens (including phenoxy) is 5. The van der Waals surface area contributed by atoms with Gasteiger partial charge in [-0.3, -0.25) is 0 Å². The number of hydrogen-bond donors (Lipinski definition) is 0. The first-order chi connectivity index (χ1) is 13.2. The van der Waals surface area contributed by atoms with Crippen LogP contribution in [0, 0.1) is 0 Å². The number of para-hydroxylation sites is 1. The monoisotopic (exact) mass is 367 g/mol. The molecule has 2 aromatic carbocycles. The lowest BCUT2D eigenvalue weighted by molar-refractivity contribution is -0.129. The Bertz CT molecular complexity index is 963. The molecule has 0 aliphatic carbocycles. The molecule has 7 heteroatoms. The van der Waals surface area contributed by atoms with Crippen LogP contribution in [0.15, 0.2) is 47.1 Å². The number of aliphatic imine (C=N–C) groups is 1. The van der Waals surface area contributed by atoms with E-state index in [0.717, 1.165) is 0 Å². The van der Waals surface area contributed by atoms with Crippen LogP contribution < -0.4 is 18.9 Å². The number of carbonyl (C=O) groups excluding carboxylic acids is 1. The first-order valence-corrected chi connectivity index (χ1v) is 8.42. The normalized spacial score (nSPS) is 16.3. The summed E-state index contributed by atoms with van der Waals surface area (Å²) in [7, 11) is 1.54. The summed E-state index contributed by atoms with van der Waals surface area (Å²) < 4.78 is 27.0. The molecule has 0 N–H and O–H groups in total. The molecule has 0 saturated carbocycles. The van der Waals surface area contributed by atoms with Crippen LogP contribution in [-0.4, -0.2) is 32.4 Å². The van der Waals surface area contributed by atoms with Crippen molar-refractivity contribution in [3.8, 4) is 23.0 Å². The quantitative estimate of drug-likeness (QED) is 0.597. The minimum Gasteiger partial charge on any atom is -0.493 e. The third-order valence-electron chi connectivity index (χ3n) is 4.02. The standard InChI is InChI=1S/C20H17NO6/c1-3-24-15-7-5-4-6-13(15)19-21-14(20(22)27-19)8-12-9-16(23-2)18-17(10-12)25-11-26-18/h4-10H,3,11H2,1-2H3/b14-8-. The second kappa shape index (κ2) is 7.03. The molecule has 2 aliphatic heterocycles. The molecule has 7 nitrogen and oxygen atoms in total. The van der Waals surface area contributed by atoms with Gasteiger partial charge in [-0.15, -0.1) is 0 Å². The van der Waals surface area contributed by atoms with Crippen LogP contribution in [0.4, 0.5) is 0 Å². The van der Waals surface area contributed by atoms with Crippen LogP contribution in [0.2, 0.25) is 0 Å². The van der Waals surface area contributed by atoms with Gasteiger partial charge >= 0.3 is 5.97 Å². The number of nitrogens with zero attached hydrogens (tertiary/aromatic N) is 1. The van der Waals surface area contributed by atoms with Gasteiger partial charge in [0.25, 0.3) is 0 Å². The van der Waals surface area contributed by atoms with Gasteiger partial charge in [0.2, 0.25) is 18.4 Å². The van der Waals surface area contributed by atoms with Crippen molar-refractivity contribution >= 4 is 17.9 Å². The molecule has 27 heavy (non-hydrogen) atoms. The van der Waals surface area contributed by atoms with E-state index in [0.29, 0.717) is 40.7 Å². The fourth-order valence-electron chi connectivity index (χ4n) is 2.84. The summed E-state index contributed by atoms with van der Waals surface area (Å²) in [6.07, 6.45) is 1.61. The highest BCUT2D eigenvalue weighted by Gasteiger charge is 2.27. The van der Waals surface area contributed by atoms with Gasteiger partial charge in [-0.25, -0.2) is 9.79 Å². The molecule has 0 fully saturated rings. The molecule has 0 bridgehead atoms. The number of carbonyl (C=O) groups is 1. The lowest BCUT2D eigenvalue weighted by Crippen LogP contribution is -2.07. The molecular formula is C20H17NO6. The van der Waals surface area contributed by atoms with Gasteiger partial charge in [-0.2, -0.15) is 0 Å². The average molecular weight is 367 g/mol. The molecule has 2 heterocycles. The first-order valence-electron chi connectivity index (χ1n) is 8.42. The average Bonchev–Trinajstić information content (AvgIpc) is 3.29. The van der Waals surface area contributed by atoms with E-state index in [9.17, 15) is 4.79 Å². The third-order valence-corrected chi connectivity index (χ3v) is 4.02. The van der Waals surface area contributed by atoms with Gasteiger partial charge in [0, 0.05) is 0 Å². The molecule has 4 rings (SSSR count). The summed E-state index contributed by atoms with van der Waals surface area (Å²) in [6.45, 7) is 2.51. The first kappa shape index (κ1) is 17.0. The fraction of sp³-hybridized carbons (Fsp3) is 0.200. The Labute approximate surface area is 155 Å². The third kappa shape index (κ3) is 3.19. The molecule has 0 saturated heterocycles. The Morgan fingerprint density at radius 3 is 2.85 bits per heavy atom. The van der Waals surface area contributed by atoms with Crippen LogP contribution in [0.5, 0.6) is 23.0 Å². The number of fused-ring (bicyclic) bond motifs is 1.